The van der Waals surface area contributed by atoms with E-state index in [0.717, 1.165) is 12.8 Å². The lowest BCUT2D eigenvalue weighted by Gasteiger charge is -2.25. The number of aromatic amines is 1. The van der Waals surface area contributed by atoms with Crippen LogP contribution in [0.5, 0.6) is 11.5 Å². The number of rotatable bonds is 13. The monoisotopic (exact) mass is 673 g/mol. The van der Waals surface area contributed by atoms with E-state index in [1.165, 1.54) is 58.8 Å². The summed E-state index contributed by atoms with van der Waals surface area (Å²) in [4.78, 5) is 16.4. The van der Waals surface area contributed by atoms with E-state index in [1.807, 2.05) is 0 Å². The summed E-state index contributed by atoms with van der Waals surface area (Å²) in [6, 6.07) is 12.4. The molecule has 2 aliphatic rings. The van der Waals surface area contributed by atoms with Crippen molar-refractivity contribution in [2.24, 2.45) is 5.92 Å². The summed E-state index contributed by atoms with van der Waals surface area (Å²) in [5, 5.41) is -0.0538. The van der Waals surface area contributed by atoms with Gasteiger partial charge in [-0.3, -0.25) is 4.79 Å². The molecule has 1 saturated carbocycles. The van der Waals surface area contributed by atoms with Crippen molar-refractivity contribution in [3.63, 3.8) is 0 Å². The van der Waals surface area contributed by atoms with Crippen molar-refractivity contribution in [1.82, 2.24) is 4.31 Å². The first-order valence-corrected chi connectivity index (χ1v) is 16.8. The van der Waals surface area contributed by atoms with Gasteiger partial charge in [-0.1, -0.05) is 47.5 Å². The lowest BCUT2D eigenvalue weighted by Crippen LogP contribution is -2.36. The van der Waals surface area contributed by atoms with Crippen LogP contribution in [0.1, 0.15) is 36.5 Å². The van der Waals surface area contributed by atoms with E-state index in [0.29, 0.717) is 39.4 Å². The minimum absolute atomic E-state index is 0.0546. The summed E-state index contributed by atoms with van der Waals surface area (Å²) in [5.41, 5.74) is 0.935. The number of benzene rings is 2. The molecule has 0 amide bonds. The molecule has 14 heteroatoms. The van der Waals surface area contributed by atoms with Gasteiger partial charge in [-0.2, -0.15) is 13.1 Å². The highest BCUT2D eigenvalue weighted by Gasteiger charge is 2.38. The smallest absolute Gasteiger partial charge is 0.387 e. The predicted octanol–water partition coefficient (Wildman–Crippen LogP) is 6.18. The van der Waals surface area contributed by atoms with Gasteiger partial charge in [-0.15, -0.1) is 11.8 Å². The van der Waals surface area contributed by atoms with Crippen molar-refractivity contribution < 1.29 is 41.2 Å². The molecule has 1 aliphatic heterocycles. The molecule has 2 aromatic carbocycles. The molecule has 1 N–H and O–H groups in total. The zero-order valence-corrected chi connectivity index (χ0v) is 25.9. The first kappa shape index (κ1) is 31.8. The average Bonchev–Trinajstić information content (AvgIpc) is 3.69. The third-order valence-electron chi connectivity index (χ3n) is 7.02. The van der Waals surface area contributed by atoms with Crippen molar-refractivity contribution in [1.29, 1.82) is 0 Å². The van der Waals surface area contributed by atoms with Crippen LogP contribution >= 0.6 is 35.0 Å². The number of sulfonamides is 1. The molecular formula is C29H29Cl2F2N2O6S2+. The Labute approximate surface area is 262 Å². The summed E-state index contributed by atoms with van der Waals surface area (Å²) >= 11 is 14.2. The molecule has 2 heterocycles. The second-order valence-electron chi connectivity index (χ2n) is 10.1. The molecule has 0 bridgehead atoms. The lowest BCUT2D eigenvalue weighted by atomic mass is 10.0. The van der Waals surface area contributed by atoms with E-state index < -0.39 is 34.1 Å². The first-order valence-electron chi connectivity index (χ1n) is 13.6. The fourth-order valence-electron chi connectivity index (χ4n) is 4.63. The molecule has 2 atom stereocenters. The number of nitrogens with one attached hydrogen (secondary N) is 1. The Balaban J connectivity index is 1.40. The van der Waals surface area contributed by atoms with E-state index in [2.05, 4.69) is 9.72 Å². The summed E-state index contributed by atoms with van der Waals surface area (Å²) in [6.45, 7) is -2.47. The number of alkyl halides is 2. The third-order valence-corrected chi connectivity index (χ3v) is 11.0. The predicted molar refractivity (Wildman–Crippen MR) is 158 cm³/mol. The number of aromatic nitrogens is 1. The largest absolute Gasteiger partial charge is 0.489 e. The Bertz CT molecular complexity index is 1530. The Morgan fingerprint density at radius 2 is 1.79 bits per heavy atom. The maximum Gasteiger partial charge on any atom is 0.387 e. The first-order chi connectivity index (χ1) is 20.6. The van der Waals surface area contributed by atoms with Crippen LogP contribution in [0, 0.1) is 5.92 Å². The van der Waals surface area contributed by atoms with Gasteiger partial charge < -0.3 is 14.2 Å². The average molecular weight is 675 g/mol. The lowest BCUT2D eigenvalue weighted by molar-refractivity contribution is -0.377. The van der Waals surface area contributed by atoms with Gasteiger partial charge in [0.05, 0.1) is 23.3 Å². The number of hydrogen-bond acceptors (Lipinski definition) is 7. The molecule has 230 valence electrons. The zero-order chi connectivity index (χ0) is 30.6. The van der Waals surface area contributed by atoms with E-state index in [-0.39, 0.29) is 35.8 Å². The van der Waals surface area contributed by atoms with Gasteiger partial charge in [-0.25, -0.2) is 13.4 Å². The Kier molecular flexibility index (Phi) is 10.3. The maximum atomic E-state index is 13.4. The minimum atomic E-state index is -3.83. The molecule has 2 fully saturated rings. The Morgan fingerprint density at radius 1 is 1.07 bits per heavy atom. The second-order valence-corrected chi connectivity index (χ2v) is 14.1. The van der Waals surface area contributed by atoms with Crippen molar-refractivity contribution in [2.75, 3.05) is 18.9 Å². The van der Waals surface area contributed by atoms with Crippen LogP contribution in [-0.4, -0.2) is 49.6 Å². The highest BCUT2D eigenvalue weighted by atomic mass is 35.5. The molecule has 1 aliphatic carbocycles. The van der Waals surface area contributed by atoms with Gasteiger partial charge in [0.2, 0.25) is 10.0 Å². The molecule has 0 radical (unpaired) electrons. The number of thioether (sulfide) groups is 1. The Morgan fingerprint density at radius 3 is 2.47 bits per heavy atom. The van der Waals surface area contributed by atoms with Crippen LogP contribution in [-0.2, 0) is 26.0 Å². The number of halogens is 4. The highest BCUT2D eigenvalue weighted by Crippen LogP contribution is 2.39. The van der Waals surface area contributed by atoms with Crippen molar-refractivity contribution in [2.45, 2.75) is 48.7 Å². The number of esters is 1. The van der Waals surface area contributed by atoms with Crippen molar-refractivity contribution in [3.8, 4) is 11.5 Å². The molecular weight excluding hydrogens is 645 g/mol. The molecule has 3 aromatic rings. The van der Waals surface area contributed by atoms with E-state index in [4.69, 9.17) is 32.7 Å². The number of hydrogen-bond donors (Lipinski definition) is 0. The van der Waals surface area contributed by atoms with Gasteiger partial charge in [0.15, 0.2) is 23.9 Å². The van der Waals surface area contributed by atoms with Crippen molar-refractivity contribution >= 4 is 51.0 Å². The standard InChI is InChI=1S/C29H28Cl2F2N2O6S2/c30-22-15-34-16-23(31)21(22)13-25(19-8-9-24(41-29(32)33)26(12-19)39-17-18-6-7-18)40-28(36)14-27-35(10-11-42-27)43(37,38)20-4-2-1-3-5-20/h1-5,8-9,12,15-16,18,25,27,29H,6-7,10-11,13-14,17H2/p+1/t25-,27?/m0/s1. The third kappa shape index (κ3) is 8.10. The quantitative estimate of drug-likeness (QED) is 0.200. The molecule has 0 spiro atoms. The zero-order valence-electron chi connectivity index (χ0n) is 22.8. The minimum Gasteiger partial charge on any atom is -0.489 e. The highest BCUT2D eigenvalue weighted by molar-refractivity contribution is 8.01. The van der Waals surface area contributed by atoms with Gasteiger partial charge in [0.25, 0.3) is 0 Å². The van der Waals surface area contributed by atoms with Crippen LogP contribution in [0.4, 0.5) is 8.78 Å². The second kappa shape index (κ2) is 14.0. The number of ether oxygens (including phenoxy) is 3. The van der Waals surface area contributed by atoms with Crippen LogP contribution < -0.4 is 14.5 Å². The van der Waals surface area contributed by atoms with Crippen LogP contribution in [0.2, 0.25) is 10.0 Å². The topological polar surface area (TPSA) is 96.3 Å². The fourth-order valence-corrected chi connectivity index (χ4v) is 8.38. The normalized spacial score (nSPS) is 18.0. The van der Waals surface area contributed by atoms with Gasteiger partial charge in [0, 0.05) is 24.3 Å². The number of carbonyl (C=O) groups is 1. The van der Waals surface area contributed by atoms with Gasteiger partial charge >= 0.3 is 12.6 Å². The summed E-state index contributed by atoms with van der Waals surface area (Å²) in [7, 11) is -3.83. The SMILES string of the molecule is O=C(CC1SCCN1S(=O)(=O)c1ccccc1)O[C@@H](Cc1c(Cl)c[nH+]cc1Cl)c1ccc(OC(F)F)c(OCC2CC2)c1. The van der Waals surface area contributed by atoms with E-state index >= 15 is 0 Å². The fraction of sp³-hybridized carbons (Fsp3) is 0.379. The molecule has 5 rings (SSSR count). The van der Waals surface area contributed by atoms with Crippen molar-refractivity contribution in [3.05, 3.63) is 82.1 Å². The number of nitrogens with zero attached hydrogens (tertiary/aromatic N) is 1. The van der Waals surface area contributed by atoms with Gasteiger partial charge in [-0.05, 0) is 48.6 Å². The molecule has 1 saturated heterocycles. The van der Waals surface area contributed by atoms with Gasteiger partial charge in [0.1, 0.15) is 16.1 Å². The maximum absolute atomic E-state index is 13.4. The summed E-state index contributed by atoms with van der Waals surface area (Å²) in [5.74, 6) is 0.163. The molecule has 1 aromatic heterocycles. The molecule has 1 unspecified atom stereocenters. The number of pyridine rings is 1. The van der Waals surface area contributed by atoms with Crippen LogP contribution in [0.25, 0.3) is 0 Å². The Hall–Kier alpha value is -2.64. The van der Waals surface area contributed by atoms with E-state index in [1.54, 1.807) is 18.2 Å². The van der Waals surface area contributed by atoms with Crippen LogP contribution in [0.15, 0.2) is 65.8 Å². The van der Waals surface area contributed by atoms with E-state index in [9.17, 15) is 22.0 Å². The van der Waals surface area contributed by atoms with Crippen LogP contribution in [0.3, 0.4) is 0 Å². The summed E-state index contributed by atoms with van der Waals surface area (Å²) < 4.78 is 70.5. The molecule has 43 heavy (non-hydrogen) atoms. The molecule has 8 nitrogen and oxygen atoms in total. The summed E-state index contributed by atoms with van der Waals surface area (Å²) in [6.07, 6.45) is 3.93. The number of H-pyrrole nitrogens is 1. The number of carbonyl (C=O) groups excluding carboxylic acids is 1.